The van der Waals surface area contributed by atoms with E-state index in [1.165, 1.54) is 27.8 Å². The molecule has 0 aliphatic rings. The minimum atomic E-state index is 0.0499. The fraction of sp³-hybridized carbons (Fsp3) is 0.294. The van der Waals surface area contributed by atoms with Gasteiger partial charge in [0.1, 0.15) is 0 Å². The number of halogens is 1. The van der Waals surface area contributed by atoms with E-state index in [0.29, 0.717) is 0 Å². The van der Waals surface area contributed by atoms with Crippen molar-refractivity contribution in [3.05, 3.63) is 70.3 Å². The fourth-order valence-electron chi connectivity index (χ4n) is 2.35. The van der Waals surface area contributed by atoms with E-state index < -0.39 is 0 Å². The molecule has 2 rings (SSSR count). The van der Waals surface area contributed by atoms with Gasteiger partial charge in [-0.2, -0.15) is 0 Å². The zero-order valence-corrected chi connectivity index (χ0v) is 12.0. The molecule has 0 aliphatic heterocycles. The van der Waals surface area contributed by atoms with Crippen LogP contribution in [-0.4, -0.2) is 0 Å². The van der Waals surface area contributed by atoms with Crippen LogP contribution in [0.2, 0.25) is 0 Å². The molecule has 1 heteroatoms. The number of alkyl halides is 1. The standard InChI is InChI=1S/C17H19Cl/c1-12-7-9-15(10-8-12)11-16(18)17-13(2)5-4-6-14(17)3/h4-10,16H,11H2,1-3H3. The summed E-state index contributed by atoms with van der Waals surface area (Å²) in [5, 5.41) is 0.0499. The van der Waals surface area contributed by atoms with Crippen molar-refractivity contribution >= 4 is 11.6 Å². The maximum Gasteiger partial charge on any atom is 0.0630 e. The highest BCUT2D eigenvalue weighted by atomic mass is 35.5. The van der Waals surface area contributed by atoms with Crippen molar-refractivity contribution in [1.29, 1.82) is 0 Å². The van der Waals surface area contributed by atoms with Gasteiger partial charge in [-0.1, -0.05) is 48.0 Å². The lowest BCUT2D eigenvalue weighted by Crippen LogP contribution is -2.01. The molecule has 0 radical (unpaired) electrons. The summed E-state index contributed by atoms with van der Waals surface area (Å²) < 4.78 is 0. The quantitative estimate of drug-likeness (QED) is 0.669. The third-order valence-electron chi connectivity index (χ3n) is 3.39. The first-order valence-electron chi connectivity index (χ1n) is 6.33. The van der Waals surface area contributed by atoms with E-state index in [9.17, 15) is 0 Å². The lowest BCUT2D eigenvalue weighted by molar-refractivity contribution is 0.899. The Bertz CT molecular complexity index is 506. The molecule has 0 saturated carbocycles. The fourth-order valence-corrected chi connectivity index (χ4v) is 2.88. The summed E-state index contributed by atoms with van der Waals surface area (Å²) >= 11 is 6.59. The van der Waals surface area contributed by atoms with E-state index in [-0.39, 0.29) is 5.38 Å². The van der Waals surface area contributed by atoms with Crippen molar-refractivity contribution in [3.8, 4) is 0 Å². The first-order valence-corrected chi connectivity index (χ1v) is 6.77. The van der Waals surface area contributed by atoms with Gasteiger partial charge in [0.2, 0.25) is 0 Å². The van der Waals surface area contributed by atoms with E-state index in [4.69, 9.17) is 11.6 Å². The van der Waals surface area contributed by atoms with Crippen molar-refractivity contribution in [3.63, 3.8) is 0 Å². The summed E-state index contributed by atoms with van der Waals surface area (Å²) in [6.45, 7) is 6.37. The lowest BCUT2D eigenvalue weighted by Gasteiger charge is -2.16. The number of benzene rings is 2. The molecule has 0 bridgehead atoms. The average molecular weight is 259 g/mol. The highest BCUT2D eigenvalue weighted by molar-refractivity contribution is 6.21. The number of aryl methyl sites for hydroxylation is 3. The van der Waals surface area contributed by atoms with E-state index in [2.05, 4.69) is 63.2 Å². The smallest absolute Gasteiger partial charge is 0.0630 e. The molecule has 0 N–H and O–H groups in total. The van der Waals surface area contributed by atoms with Crippen LogP contribution >= 0.6 is 11.6 Å². The van der Waals surface area contributed by atoms with Gasteiger partial charge in [0, 0.05) is 0 Å². The second kappa shape index (κ2) is 5.58. The van der Waals surface area contributed by atoms with Gasteiger partial charge in [0.25, 0.3) is 0 Å². The molecule has 1 atom stereocenters. The van der Waals surface area contributed by atoms with Gasteiger partial charge in [0.05, 0.1) is 5.38 Å². The second-order valence-electron chi connectivity index (χ2n) is 4.96. The highest BCUT2D eigenvalue weighted by Gasteiger charge is 2.13. The summed E-state index contributed by atoms with van der Waals surface area (Å²) in [5.41, 5.74) is 6.42. The van der Waals surface area contributed by atoms with Gasteiger partial charge in [-0.25, -0.2) is 0 Å². The van der Waals surface area contributed by atoms with Crippen LogP contribution in [0.4, 0.5) is 0 Å². The molecular weight excluding hydrogens is 240 g/mol. The normalized spacial score (nSPS) is 12.4. The van der Waals surface area contributed by atoms with Crippen molar-refractivity contribution in [2.24, 2.45) is 0 Å². The number of rotatable bonds is 3. The van der Waals surface area contributed by atoms with Crippen LogP contribution in [0.5, 0.6) is 0 Å². The first-order chi connectivity index (χ1) is 8.58. The monoisotopic (exact) mass is 258 g/mol. The molecule has 0 heterocycles. The molecular formula is C17H19Cl. The average Bonchev–Trinajstić information content (AvgIpc) is 2.32. The van der Waals surface area contributed by atoms with Crippen LogP contribution in [0.1, 0.15) is 33.2 Å². The summed E-state index contributed by atoms with van der Waals surface area (Å²) in [6, 6.07) is 15.0. The molecule has 18 heavy (non-hydrogen) atoms. The Labute approximate surface area is 115 Å². The summed E-state index contributed by atoms with van der Waals surface area (Å²) in [7, 11) is 0. The van der Waals surface area contributed by atoms with Crippen molar-refractivity contribution in [2.75, 3.05) is 0 Å². The van der Waals surface area contributed by atoms with Crippen molar-refractivity contribution in [2.45, 2.75) is 32.6 Å². The minimum Gasteiger partial charge on any atom is -0.117 e. The molecule has 0 aromatic heterocycles. The molecule has 1 unspecified atom stereocenters. The predicted molar refractivity (Wildman–Crippen MR) is 79.4 cm³/mol. The molecule has 2 aromatic carbocycles. The Hall–Kier alpha value is -1.27. The van der Waals surface area contributed by atoms with Gasteiger partial charge < -0.3 is 0 Å². The molecule has 2 aromatic rings. The Morgan fingerprint density at radius 3 is 2.00 bits per heavy atom. The van der Waals surface area contributed by atoms with Crippen LogP contribution in [0.3, 0.4) is 0 Å². The van der Waals surface area contributed by atoms with Gasteiger partial charge in [-0.15, -0.1) is 11.6 Å². The first kappa shape index (κ1) is 13.2. The lowest BCUT2D eigenvalue weighted by atomic mass is 9.96. The minimum absolute atomic E-state index is 0.0499. The van der Waals surface area contributed by atoms with Crippen LogP contribution in [0.15, 0.2) is 42.5 Å². The molecule has 94 valence electrons. The van der Waals surface area contributed by atoms with Crippen molar-refractivity contribution < 1.29 is 0 Å². The third-order valence-corrected chi connectivity index (χ3v) is 3.76. The largest absolute Gasteiger partial charge is 0.117 e. The van der Waals surface area contributed by atoms with Gasteiger partial charge >= 0.3 is 0 Å². The molecule has 0 fully saturated rings. The van der Waals surface area contributed by atoms with Crippen LogP contribution in [0, 0.1) is 20.8 Å². The third kappa shape index (κ3) is 2.94. The zero-order chi connectivity index (χ0) is 13.1. The zero-order valence-electron chi connectivity index (χ0n) is 11.2. The maximum atomic E-state index is 6.59. The van der Waals surface area contributed by atoms with E-state index in [0.717, 1.165) is 6.42 Å². The van der Waals surface area contributed by atoms with E-state index in [1.54, 1.807) is 0 Å². The Morgan fingerprint density at radius 2 is 1.44 bits per heavy atom. The Balaban J connectivity index is 2.22. The number of hydrogen-bond donors (Lipinski definition) is 0. The molecule has 0 nitrogen and oxygen atoms in total. The molecule has 0 spiro atoms. The maximum absolute atomic E-state index is 6.59. The van der Waals surface area contributed by atoms with Crippen LogP contribution in [0.25, 0.3) is 0 Å². The highest BCUT2D eigenvalue weighted by Crippen LogP contribution is 2.30. The predicted octanol–water partition coefficient (Wildman–Crippen LogP) is 5.13. The number of hydrogen-bond acceptors (Lipinski definition) is 0. The molecule has 0 saturated heterocycles. The summed E-state index contributed by atoms with van der Waals surface area (Å²) in [4.78, 5) is 0. The van der Waals surface area contributed by atoms with E-state index in [1.807, 2.05) is 0 Å². The Kier molecular flexibility index (Phi) is 4.08. The topological polar surface area (TPSA) is 0 Å². The second-order valence-corrected chi connectivity index (χ2v) is 5.49. The van der Waals surface area contributed by atoms with Gasteiger partial charge in [-0.05, 0) is 49.4 Å². The van der Waals surface area contributed by atoms with Crippen molar-refractivity contribution in [1.82, 2.24) is 0 Å². The van der Waals surface area contributed by atoms with Gasteiger partial charge in [-0.3, -0.25) is 0 Å². The van der Waals surface area contributed by atoms with Crippen LogP contribution in [-0.2, 0) is 6.42 Å². The molecule has 0 amide bonds. The summed E-state index contributed by atoms with van der Waals surface area (Å²) in [5.74, 6) is 0. The summed E-state index contributed by atoms with van der Waals surface area (Å²) in [6.07, 6.45) is 0.882. The van der Waals surface area contributed by atoms with Gasteiger partial charge in [0.15, 0.2) is 0 Å². The Morgan fingerprint density at radius 1 is 0.889 bits per heavy atom. The van der Waals surface area contributed by atoms with E-state index >= 15 is 0 Å². The molecule has 0 aliphatic carbocycles. The SMILES string of the molecule is Cc1ccc(CC(Cl)c2c(C)cccc2C)cc1. The van der Waals surface area contributed by atoms with Crippen LogP contribution < -0.4 is 0 Å².